The predicted molar refractivity (Wildman–Crippen MR) is 96.2 cm³/mol. The summed E-state index contributed by atoms with van der Waals surface area (Å²) in [4.78, 5) is 2.46. The van der Waals surface area contributed by atoms with Gasteiger partial charge < -0.3 is 15.0 Å². The summed E-state index contributed by atoms with van der Waals surface area (Å²) in [5.74, 6) is 0.963. The van der Waals surface area contributed by atoms with Gasteiger partial charge in [-0.25, -0.2) is 0 Å². The van der Waals surface area contributed by atoms with E-state index in [1.165, 1.54) is 18.5 Å². The highest BCUT2D eigenvalue weighted by atomic mass is 35.5. The molecule has 0 heterocycles. The quantitative estimate of drug-likeness (QED) is 0.658. The molecule has 0 unspecified atom stereocenters. The van der Waals surface area contributed by atoms with Crippen LogP contribution >= 0.6 is 24.8 Å². The molecule has 0 aromatic heterocycles. The second kappa shape index (κ2) is 14.5. The third-order valence-corrected chi connectivity index (χ3v) is 3.26. The first kappa shape index (κ1) is 22.8. The summed E-state index contributed by atoms with van der Waals surface area (Å²) in [5.41, 5.74) is 1.29. The van der Waals surface area contributed by atoms with Gasteiger partial charge in [0.05, 0.1) is 6.61 Å². The van der Waals surface area contributed by atoms with E-state index in [1.54, 1.807) is 0 Å². The highest BCUT2D eigenvalue weighted by Gasteiger charge is 1.99. The van der Waals surface area contributed by atoms with Gasteiger partial charge in [-0.2, -0.15) is 0 Å². The number of nitrogens with zero attached hydrogens (tertiary/aromatic N) is 1. The van der Waals surface area contributed by atoms with Crippen molar-refractivity contribution in [2.75, 3.05) is 32.8 Å². The lowest BCUT2D eigenvalue weighted by Gasteiger charge is -2.17. The van der Waals surface area contributed by atoms with Gasteiger partial charge in [0.25, 0.3) is 0 Å². The monoisotopic (exact) mass is 336 g/mol. The van der Waals surface area contributed by atoms with Gasteiger partial charge in [0.1, 0.15) is 5.75 Å². The Bertz CT molecular complexity index is 347. The molecule has 1 aromatic rings. The Labute approximate surface area is 142 Å². The summed E-state index contributed by atoms with van der Waals surface area (Å²) in [6, 6.07) is 8.31. The maximum atomic E-state index is 5.50. The number of hydrogen-bond acceptors (Lipinski definition) is 3. The van der Waals surface area contributed by atoms with Gasteiger partial charge in [0.15, 0.2) is 0 Å². The zero-order valence-electron chi connectivity index (χ0n) is 13.4. The zero-order valence-corrected chi connectivity index (χ0v) is 15.1. The van der Waals surface area contributed by atoms with Crippen LogP contribution in [0.3, 0.4) is 0 Å². The van der Waals surface area contributed by atoms with Crippen LogP contribution in [0, 0.1) is 0 Å². The average molecular weight is 337 g/mol. The summed E-state index contributed by atoms with van der Waals surface area (Å²) in [6.07, 6.45) is 1.20. The van der Waals surface area contributed by atoms with Gasteiger partial charge in [0, 0.05) is 6.54 Å². The van der Waals surface area contributed by atoms with Gasteiger partial charge in [-0.05, 0) is 57.2 Å². The summed E-state index contributed by atoms with van der Waals surface area (Å²) in [5, 5.41) is 3.49. The van der Waals surface area contributed by atoms with Crippen LogP contribution in [0.15, 0.2) is 24.3 Å². The molecule has 0 fully saturated rings. The molecule has 3 nitrogen and oxygen atoms in total. The van der Waals surface area contributed by atoms with E-state index in [2.05, 4.69) is 42.3 Å². The Hall–Kier alpha value is -0.480. The molecule has 0 amide bonds. The van der Waals surface area contributed by atoms with Gasteiger partial charge in [0.2, 0.25) is 0 Å². The molecule has 1 rings (SSSR count). The smallest absolute Gasteiger partial charge is 0.119 e. The van der Waals surface area contributed by atoms with Gasteiger partial charge in [-0.1, -0.05) is 26.0 Å². The van der Waals surface area contributed by atoms with E-state index in [0.29, 0.717) is 0 Å². The molecular formula is C16H30Cl2N2O. The number of benzene rings is 1. The standard InChI is InChI=1S/C16H28N2O.2ClH/c1-4-18(5-2)12-8-11-17-14-15-9-7-10-16(13-15)19-6-3;;/h7,9-10,13,17H,4-6,8,11-12,14H2,1-3H3;2*1H. The maximum Gasteiger partial charge on any atom is 0.119 e. The molecule has 0 aliphatic heterocycles. The molecule has 0 saturated heterocycles. The molecule has 5 heteroatoms. The summed E-state index contributed by atoms with van der Waals surface area (Å²) in [6.45, 7) is 12.6. The van der Waals surface area contributed by atoms with Crippen LogP contribution in [0.4, 0.5) is 0 Å². The second-order valence-electron chi connectivity index (χ2n) is 4.64. The molecule has 0 spiro atoms. The SMILES string of the molecule is CCOc1cccc(CNCCCN(CC)CC)c1.Cl.Cl. The molecule has 1 N–H and O–H groups in total. The maximum absolute atomic E-state index is 5.50. The summed E-state index contributed by atoms with van der Waals surface area (Å²) >= 11 is 0. The fourth-order valence-electron chi connectivity index (χ4n) is 2.11. The Kier molecular flexibility index (Phi) is 15.7. The van der Waals surface area contributed by atoms with Crippen molar-refractivity contribution in [2.24, 2.45) is 0 Å². The Morgan fingerprint density at radius 2 is 1.81 bits per heavy atom. The zero-order chi connectivity index (χ0) is 13.9. The molecule has 0 bridgehead atoms. The number of rotatable bonds is 10. The highest BCUT2D eigenvalue weighted by molar-refractivity contribution is 5.85. The Morgan fingerprint density at radius 1 is 1.10 bits per heavy atom. The molecule has 0 aliphatic rings. The fraction of sp³-hybridized carbons (Fsp3) is 0.625. The summed E-state index contributed by atoms with van der Waals surface area (Å²) < 4.78 is 5.50. The van der Waals surface area contributed by atoms with E-state index in [-0.39, 0.29) is 24.8 Å². The topological polar surface area (TPSA) is 24.5 Å². The lowest BCUT2D eigenvalue weighted by molar-refractivity contribution is 0.298. The lowest BCUT2D eigenvalue weighted by atomic mass is 10.2. The van der Waals surface area contributed by atoms with Crippen molar-refractivity contribution in [3.8, 4) is 5.75 Å². The predicted octanol–water partition coefficient (Wildman–Crippen LogP) is 3.75. The highest BCUT2D eigenvalue weighted by Crippen LogP contribution is 2.12. The van der Waals surface area contributed by atoms with E-state index in [4.69, 9.17) is 4.74 Å². The van der Waals surface area contributed by atoms with Crippen molar-refractivity contribution in [3.05, 3.63) is 29.8 Å². The van der Waals surface area contributed by atoms with Crippen molar-refractivity contribution in [1.82, 2.24) is 10.2 Å². The first-order valence-corrected chi connectivity index (χ1v) is 7.44. The molecule has 0 aliphatic carbocycles. The van der Waals surface area contributed by atoms with Gasteiger partial charge in [-0.15, -0.1) is 24.8 Å². The largest absolute Gasteiger partial charge is 0.494 e. The van der Waals surface area contributed by atoms with E-state index >= 15 is 0 Å². The number of hydrogen-bond donors (Lipinski definition) is 1. The van der Waals surface area contributed by atoms with Crippen LogP contribution < -0.4 is 10.1 Å². The minimum absolute atomic E-state index is 0. The van der Waals surface area contributed by atoms with E-state index in [0.717, 1.165) is 38.5 Å². The first-order chi connectivity index (χ1) is 9.30. The van der Waals surface area contributed by atoms with Crippen molar-refractivity contribution in [2.45, 2.75) is 33.7 Å². The van der Waals surface area contributed by atoms with E-state index in [9.17, 15) is 0 Å². The number of nitrogens with one attached hydrogen (secondary N) is 1. The third kappa shape index (κ3) is 9.97. The van der Waals surface area contributed by atoms with Crippen LogP contribution in [-0.2, 0) is 6.54 Å². The Morgan fingerprint density at radius 3 is 2.43 bits per heavy atom. The van der Waals surface area contributed by atoms with Gasteiger partial charge in [-0.3, -0.25) is 0 Å². The van der Waals surface area contributed by atoms with Crippen molar-refractivity contribution in [1.29, 1.82) is 0 Å². The first-order valence-electron chi connectivity index (χ1n) is 7.44. The minimum atomic E-state index is 0. The summed E-state index contributed by atoms with van der Waals surface area (Å²) in [7, 11) is 0. The van der Waals surface area contributed by atoms with Crippen LogP contribution in [-0.4, -0.2) is 37.7 Å². The molecule has 0 radical (unpaired) electrons. The fourth-order valence-corrected chi connectivity index (χ4v) is 2.11. The van der Waals surface area contributed by atoms with Gasteiger partial charge >= 0.3 is 0 Å². The van der Waals surface area contributed by atoms with Crippen molar-refractivity contribution in [3.63, 3.8) is 0 Å². The molecule has 21 heavy (non-hydrogen) atoms. The third-order valence-electron chi connectivity index (χ3n) is 3.26. The van der Waals surface area contributed by atoms with Crippen LogP contribution in [0.5, 0.6) is 5.75 Å². The van der Waals surface area contributed by atoms with Crippen LogP contribution in [0.2, 0.25) is 0 Å². The lowest BCUT2D eigenvalue weighted by Crippen LogP contribution is -2.27. The van der Waals surface area contributed by atoms with E-state index in [1.807, 2.05) is 13.0 Å². The van der Waals surface area contributed by atoms with Crippen LogP contribution in [0.25, 0.3) is 0 Å². The Balaban J connectivity index is 0. The molecule has 1 aromatic carbocycles. The molecular weight excluding hydrogens is 307 g/mol. The van der Waals surface area contributed by atoms with Crippen LogP contribution in [0.1, 0.15) is 32.8 Å². The van der Waals surface area contributed by atoms with Crippen molar-refractivity contribution >= 4 is 24.8 Å². The number of halogens is 2. The molecule has 124 valence electrons. The van der Waals surface area contributed by atoms with E-state index < -0.39 is 0 Å². The average Bonchev–Trinajstić information content (AvgIpc) is 2.44. The molecule has 0 saturated carbocycles. The molecule has 0 atom stereocenters. The minimum Gasteiger partial charge on any atom is -0.494 e. The number of ether oxygens (including phenoxy) is 1. The normalized spacial score (nSPS) is 9.90. The second-order valence-corrected chi connectivity index (χ2v) is 4.64. The van der Waals surface area contributed by atoms with Crippen molar-refractivity contribution < 1.29 is 4.74 Å².